The number of ether oxygens (including phenoxy) is 1. The second-order valence-electron chi connectivity index (χ2n) is 7.72. The van der Waals surface area contributed by atoms with E-state index in [1.54, 1.807) is 4.68 Å². The molecule has 31 heavy (non-hydrogen) atoms. The minimum Gasteiger partial charge on any atom is -0.406 e. The molecule has 0 aliphatic carbocycles. The quantitative estimate of drug-likeness (QED) is 0.505. The molecule has 0 bridgehead atoms. The number of alkyl halides is 3. The second kappa shape index (κ2) is 8.03. The average Bonchev–Trinajstić information content (AvgIpc) is 3.20. The van der Waals surface area contributed by atoms with Crippen LogP contribution in [0.1, 0.15) is 47.2 Å². The van der Waals surface area contributed by atoms with Crippen LogP contribution in [0.2, 0.25) is 0 Å². The van der Waals surface area contributed by atoms with Crippen molar-refractivity contribution in [2.75, 3.05) is 0 Å². The molecule has 1 unspecified atom stereocenters. The average molecular weight is 494 g/mol. The number of amides is 1. The zero-order valence-electron chi connectivity index (χ0n) is 16.7. The SMILES string of the molecule is CC(C)Cc1c2c(nn1-c1ccc(OC(F)(F)F)cc1)C(=O)NC2c1ccc(Br)cc1. The van der Waals surface area contributed by atoms with E-state index in [9.17, 15) is 18.0 Å². The Morgan fingerprint density at radius 2 is 1.77 bits per heavy atom. The number of carbonyl (C=O) groups excluding carboxylic acids is 1. The summed E-state index contributed by atoms with van der Waals surface area (Å²) in [4.78, 5) is 12.7. The van der Waals surface area contributed by atoms with E-state index in [2.05, 4.69) is 44.9 Å². The van der Waals surface area contributed by atoms with Crippen LogP contribution in [0.3, 0.4) is 0 Å². The smallest absolute Gasteiger partial charge is 0.406 e. The fourth-order valence-electron chi connectivity index (χ4n) is 3.70. The van der Waals surface area contributed by atoms with Gasteiger partial charge >= 0.3 is 6.36 Å². The summed E-state index contributed by atoms with van der Waals surface area (Å²) in [6.45, 7) is 4.12. The molecule has 5 nitrogen and oxygen atoms in total. The van der Waals surface area contributed by atoms with E-state index in [0.29, 0.717) is 17.8 Å². The number of aromatic nitrogens is 2. The molecule has 0 fully saturated rings. The molecule has 1 N–H and O–H groups in total. The van der Waals surface area contributed by atoms with Crippen molar-refractivity contribution in [2.45, 2.75) is 32.7 Å². The van der Waals surface area contributed by atoms with Crippen molar-refractivity contribution < 1.29 is 22.7 Å². The van der Waals surface area contributed by atoms with Crippen molar-refractivity contribution in [1.29, 1.82) is 0 Å². The largest absolute Gasteiger partial charge is 0.573 e. The molecular weight excluding hydrogens is 475 g/mol. The standard InChI is InChI=1S/C22H19BrF3N3O2/c1-12(2)11-17-18-19(13-3-5-14(23)6-4-13)27-21(30)20(18)28-29(17)15-7-9-16(10-8-15)31-22(24,25)26/h3-10,12,19H,11H2,1-2H3,(H,27,30). The predicted molar refractivity (Wildman–Crippen MR) is 112 cm³/mol. The molecule has 1 amide bonds. The Bertz CT molecular complexity index is 1110. The van der Waals surface area contributed by atoms with Crippen LogP contribution in [-0.2, 0) is 6.42 Å². The van der Waals surface area contributed by atoms with Crippen LogP contribution in [0.15, 0.2) is 53.0 Å². The van der Waals surface area contributed by atoms with Crippen LogP contribution in [0.5, 0.6) is 5.75 Å². The first-order chi connectivity index (χ1) is 14.6. The highest BCUT2D eigenvalue weighted by atomic mass is 79.9. The fraction of sp³-hybridized carbons (Fsp3) is 0.273. The maximum atomic E-state index is 12.7. The molecule has 2 heterocycles. The molecule has 1 aromatic heterocycles. The highest BCUT2D eigenvalue weighted by Crippen LogP contribution is 2.36. The van der Waals surface area contributed by atoms with Gasteiger partial charge in [-0.05, 0) is 54.3 Å². The number of hydrogen-bond donors (Lipinski definition) is 1. The summed E-state index contributed by atoms with van der Waals surface area (Å²) in [5.74, 6) is -0.316. The van der Waals surface area contributed by atoms with Crippen molar-refractivity contribution in [1.82, 2.24) is 15.1 Å². The summed E-state index contributed by atoms with van der Waals surface area (Å²) >= 11 is 3.42. The Hall–Kier alpha value is -2.81. The zero-order chi connectivity index (χ0) is 22.3. The van der Waals surface area contributed by atoms with Gasteiger partial charge in [-0.15, -0.1) is 13.2 Å². The Labute approximate surface area is 185 Å². The molecule has 2 aromatic carbocycles. The minimum atomic E-state index is -4.76. The van der Waals surface area contributed by atoms with E-state index in [4.69, 9.17) is 0 Å². The maximum Gasteiger partial charge on any atom is 0.573 e. The lowest BCUT2D eigenvalue weighted by Gasteiger charge is -2.17. The molecule has 9 heteroatoms. The van der Waals surface area contributed by atoms with Crippen LogP contribution in [0.25, 0.3) is 5.69 Å². The van der Waals surface area contributed by atoms with Crippen molar-refractivity contribution >= 4 is 21.8 Å². The van der Waals surface area contributed by atoms with Crippen LogP contribution in [-0.4, -0.2) is 22.1 Å². The highest BCUT2D eigenvalue weighted by Gasteiger charge is 2.37. The van der Waals surface area contributed by atoms with E-state index in [-0.39, 0.29) is 23.6 Å². The van der Waals surface area contributed by atoms with E-state index >= 15 is 0 Å². The lowest BCUT2D eigenvalue weighted by atomic mass is 9.96. The number of halogens is 4. The first-order valence-corrected chi connectivity index (χ1v) is 10.5. The number of fused-ring (bicyclic) bond motifs is 1. The van der Waals surface area contributed by atoms with Crippen LogP contribution < -0.4 is 10.1 Å². The summed E-state index contributed by atoms with van der Waals surface area (Å²) in [7, 11) is 0. The molecule has 4 rings (SSSR count). The van der Waals surface area contributed by atoms with Gasteiger partial charge in [-0.2, -0.15) is 5.10 Å². The third kappa shape index (κ3) is 4.46. The zero-order valence-corrected chi connectivity index (χ0v) is 18.3. The number of carbonyl (C=O) groups is 1. The topological polar surface area (TPSA) is 56.2 Å². The molecule has 1 aliphatic heterocycles. The summed E-state index contributed by atoms with van der Waals surface area (Å²) in [5, 5.41) is 7.51. The van der Waals surface area contributed by atoms with Crippen molar-refractivity contribution in [3.63, 3.8) is 0 Å². The molecule has 0 spiro atoms. The molecule has 0 saturated carbocycles. The molecule has 162 valence electrons. The van der Waals surface area contributed by atoms with Gasteiger partial charge in [0.05, 0.1) is 17.4 Å². The van der Waals surface area contributed by atoms with Gasteiger partial charge in [-0.1, -0.05) is 41.9 Å². The molecule has 1 atom stereocenters. The normalized spacial score (nSPS) is 15.8. The first kappa shape index (κ1) is 21.4. The first-order valence-electron chi connectivity index (χ1n) is 9.66. The van der Waals surface area contributed by atoms with Crippen LogP contribution >= 0.6 is 15.9 Å². The molecule has 0 saturated heterocycles. The fourth-order valence-corrected chi connectivity index (χ4v) is 3.96. The summed E-state index contributed by atoms with van der Waals surface area (Å²) in [6.07, 6.45) is -4.11. The monoisotopic (exact) mass is 493 g/mol. The minimum absolute atomic E-state index is 0.272. The molecule has 3 aromatic rings. The third-order valence-electron chi connectivity index (χ3n) is 4.92. The van der Waals surface area contributed by atoms with Gasteiger partial charge in [-0.3, -0.25) is 4.79 Å². The number of rotatable bonds is 5. The van der Waals surface area contributed by atoms with Crippen molar-refractivity contribution in [3.8, 4) is 11.4 Å². The van der Waals surface area contributed by atoms with E-state index in [1.165, 1.54) is 24.3 Å². The Morgan fingerprint density at radius 3 is 2.35 bits per heavy atom. The second-order valence-corrected chi connectivity index (χ2v) is 8.63. The van der Waals surface area contributed by atoms with E-state index < -0.39 is 6.36 Å². The Kier molecular flexibility index (Phi) is 5.55. The number of benzene rings is 2. The van der Waals surface area contributed by atoms with Crippen LogP contribution in [0, 0.1) is 5.92 Å². The molecule has 1 aliphatic rings. The number of nitrogens with zero attached hydrogens (tertiary/aromatic N) is 2. The van der Waals surface area contributed by atoms with E-state index in [0.717, 1.165) is 21.3 Å². The summed E-state index contributed by atoms with van der Waals surface area (Å²) < 4.78 is 43.9. The third-order valence-corrected chi connectivity index (χ3v) is 5.45. The Morgan fingerprint density at radius 1 is 1.13 bits per heavy atom. The van der Waals surface area contributed by atoms with E-state index in [1.807, 2.05) is 24.3 Å². The van der Waals surface area contributed by atoms with Gasteiger partial charge in [0.2, 0.25) is 0 Å². The maximum absolute atomic E-state index is 12.7. The van der Waals surface area contributed by atoms with Gasteiger partial charge < -0.3 is 10.1 Å². The number of nitrogens with one attached hydrogen (secondary N) is 1. The van der Waals surface area contributed by atoms with Gasteiger partial charge in [0.25, 0.3) is 5.91 Å². The Balaban J connectivity index is 1.78. The summed E-state index contributed by atoms with van der Waals surface area (Å²) in [5.41, 5.74) is 3.47. The van der Waals surface area contributed by atoms with Gasteiger partial charge in [0.1, 0.15) is 5.75 Å². The van der Waals surface area contributed by atoms with Crippen LogP contribution in [0.4, 0.5) is 13.2 Å². The lowest BCUT2D eigenvalue weighted by Crippen LogP contribution is -2.23. The predicted octanol–water partition coefficient (Wildman–Crippen LogP) is 5.56. The number of hydrogen-bond acceptors (Lipinski definition) is 3. The lowest BCUT2D eigenvalue weighted by molar-refractivity contribution is -0.274. The highest BCUT2D eigenvalue weighted by molar-refractivity contribution is 9.10. The van der Waals surface area contributed by atoms with Crippen molar-refractivity contribution in [2.24, 2.45) is 5.92 Å². The summed E-state index contributed by atoms with van der Waals surface area (Å²) in [6, 6.07) is 12.8. The van der Waals surface area contributed by atoms with Gasteiger partial charge in [0, 0.05) is 10.0 Å². The molecular formula is C22H19BrF3N3O2. The van der Waals surface area contributed by atoms with Gasteiger partial charge in [-0.25, -0.2) is 4.68 Å². The molecule has 0 radical (unpaired) electrons. The van der Waals surface area contributed by atoms with Gasteiger partial charge in [0.15, 0.2) is 5.69 Å². The van der Waals surface area contributed by atoms with Crippen molar-refractivity contribution in [3.05, 3.63) is 75.5 Å².